The summed E-state index contributed by atoms with van der Waals surface area (Å²) in [6.07, 6.45) is 2.56. The molecule has 0 aliphatic carbocycles. The van der Waals surface area contributed by atoms with Crippen molar-refractivity contribution in [3.63, 3.8) is 0 Å². The maximum Gasteiger partial charge on any atom is 0.337 e. The van der Waals surface area contributed by atoms with Crippen LogP contribution in [0.5, 0.6) is 0 Å². The van der Waals surface area contributed by atoms with Gasteiger partial charge in [-0.3, -0.25) is 9.78 Å². The zero-order valence-corrected chi connectivity index (χ0v) is 10.3. The molecule has 0 saturated carbocycles. The van der Waals surface area contributed by atoms with Gasteiger partial charge in [0.05, 0.1) is 17.4 Å². The van der Waals surface area contributed by atoms with Crippen LogP contribution in [0.15, 0.2) is 48.8 Å². The monoisotopic (exact) mass is 266 g/mol. The van der Waals surface area contributed by atoms with Crippen molar-refractivity contribution in [1.82, 2.24) is 4.98 Å². The Morgan fingerprint density at radius 2 is 1.90 bits per heavy atom. The number of hydrogen-bond acceptors (Lipinski definition) is 3. The summed E-state index contributed by atoms with van der Waals surface area (Å²) >= 11 is 0. The predicted octanol–water partition coefficient (Wildman–Crippen LogP) is 1.77. The molecule has 0 atom stereocenters. The van der Waals surface area contributed by atoms with Gasteiger partial charge < -0.3 is 10.4 Å². The van der Waals surface area contributed by atoms with Crippen molar-refractivity contribution in [2.45, 2.75) is 0 Å². The summed E-state index contributed by atoms with van der Waals surface area (Å²) in [5.41, 5.74) is 1.01. The van der Waals surface area contributed by atoms with E-state index < -0.39 is 11.9 Å². The molecular weight excluding hydrogens is 256 g/mol. The second-order valence-corrected chi connectivity index (χ2v) is 3.84. The molecule has 20 heavy (non-hydrogen) atoms. The lowest BCUT2D eigenvalue weighted by Crippen LogP contribution is -2.09. The highest BCUT2D eigenvalue weighted by molar-refractivity contribution is 6.04. The number of carbonyl (C=O) groups excluding carboxylic acids is 1. The number of aromatic nitrogens is 1. The number of carboxylic acids is 1. The van der Waals surface area contributed by atoms with E-state index in [1.54, 1.807) is 12.1 Å². The van der Waals surface area contributed by atoms with Crippen molar-refractivity contribution < 1.29 is 14.7 Å². The normalized spacial score (nSPS) is 9.20. The number of nitrogens with zero attached hydrogens (tertiary/aromatic N) is 1. The average molecular weight is 266 g/mol. The second kappa shape index (κ2) is 6.16. The van der Waals surface area contributed by atoms with E-state index in [9.17, 15) is 9.59 Å². The van der Waals surface area contributed by atoms with Gasteiger partial charge in [-0.05, 0) is 18.2 Å². The molecule has 98 valence electrons. The van der Waals surface area contributed by atoms with Gasteiger partial charge in [-0.15, -0.1) is 0 Å². The van der Waals surface area contributed by atoms with Crippen molar-refractivity contribution in [3.05, 3.63) is 59.9 Å². The third kappa shape index (κ3) is 3.68. The zero-order valence-electron chi connectivity index (χ0n) is 10.3. The first-order valence-corrected chi connectivity index (χ1v) is 5.71. The van der Waals surface area contributed by atoms with Gasteiger partial charge in [-0.1, -0.05) is 24.1 Å². The quantitative estimate of drug-likeness (QED) is 0.812. The van der Waals surface area contributed by atoms with Crippen LogP contribution in [0.1, 0.15) is 15.9 Å². The first-order chi connectivity index (χ1) is 9.65. The van der Waals surface area contributed by atoms with E-state index in [-0.39, 0.29) is 11.3 Å². The van der Waals surface area contributed by atoms with Crippen LogP contribution in [0.3, 0.4) is 0 Å². The van der Waals surface area contributed by atoms with E-state index in [4.69, 9.17) is 5.11 Å². The third-order valence-electron chi connectivity index (χ3n) is 2.34. The Morgan fingerprint density at radius 1 is 1.15 bits per heavy atom. The topological polar surface area (TPSA) is 79.3 Å². The van der Waals surface area contributed by atoms with Crippen LogP contribution in [-0.4, -0.2) is 22.0 Å². The molecule has 1 amide bonds. The highest BCUT2D eigenvalue weighted by Crippen LogP contribution is 2.08. The lowest BCUT2D eigenvalue weighted by molar-refractivity contribution is -0.111. The summed E-state index contributed by atoms with van der Waals surface area (Å²) < 4.78 is 0. The maximum absolute atomic E-state index is 11.6. The van der Waals surface area contributed by atoms with Gasteiger partial charge in [0.2, 0.25) is 0 Å². The molecule has 1 aromatic carbocycles. The van der Waals surface area contributed by atoms with E-state index in [2.05, 4.69) is 22.1 Å². The van der Waals surface area contributed by atoms with Gasteiger partial charge in [-0.2, -0.15) is 0 Å². The molecule has 0 spiro atoms. The first-order valence-electron chi connectivity index (χ1n) is 5.71. The summed E-state index contributed by atoms with van der Waals surface area (Å²) in [5.74, 6) is 3.49. The Labute approximate surface area is 115 Å². The molecule has 0 saturated heterocycles. The fourth-order valence-electron chi connectivity index (χ4n) is 1.44. The van der Waals surface area contributed by atoms with Gasteiger partial charge in [0, 0.05) is 17.7 Å². The number of carboxylic acid groups (broad SMARTS) is 1. The molecule has 0 aliphatic rings. The molecule has 5 nitrogen and oxygen atoms in total. The third-order valence-corrected chi connectivity index (χ3v) is 2.34. The largest absolute Gasteiger partial charge is 0.478 e. The smallest absolute Gasteiger partial charge is 0.337 e. The van der Waals surface area contributed by atoms with Gasteiger partial charge in [0.1, 0.15) is 0 Å². The van der Waals surface area contributed by atoms with E-state index >= 15 is 0 Å². The van der Waals surface area contributed by atoms with Gasteiger partial charge >= 0.3 is 11.9 Å². The van der Waals surface area contributed by atoms with E-state index in [1.807, 2.05) is 18.2 Å². The molecule has 0 radical (unpaired) electrons. The molecule has 2 rings (SSSR count). The highest BCUT2D eigenvalue weighted by atomic mass is 16.4. The van der Waals surface area contributed by atoms with Crippen molar-refractivity contribution >= 4 is 17.6 Å². The minimum atomic E-state index is -1.11. The molecule has 0 fully saturated rings. The van der Waals surface area contributed by atoms with Crippen LogP contribution < -0.4 is 5.32 Å². The Balaban J connectivity index is 2.07. The van der Waals surface area contributed by atoms with Gasteiger partial charge in [-0.25, -0.2) is 4.79 Å². The van der Waals surface area contributed by atoms with E-state index in [1.165, 1.54) is 18.5 Å². The molecular formula is C15H10N2O3. The highest BCUT2D eigenvalue weighted by Gasteiger charge is 2.05. The standard InChI is InChI=1S/C15H10N2O3/c18-14(7-6-11-4-2-1-3-5-11)17-13-8-12(15(19)20)9-16-10-13/h1-5,8-10H,(H,17,18)(H,19,20). The molecule has 2 N–H and O–H groups in total. The van der Waals surface area contributed by atoms with Crippen molar-refractivity contribution in [2.24, 2.45) is 0 Å². The fourth-order valence-corrected chi connectivity index (χ4v) is 1.44. The second-order valence-electron chi connectivity index (χ2n) is 3.84. The van der Waals surface area contributed by atoms with Crippen LogP contribution in [0.2, 0.25) is 0 Å². The Bertz CT molecular complexity index is 700. The molecule has 0 bridgehead atoms. The van der Waals surface area contributed by atoms with Crippen molar-refractivity contribution in [1.29, 1.82) is 0 Å². The average Bonchev–Trinajstić information content (AvgIpc) is 2.46. The summed E-state index contributed by atoms with van der Waals surface area (Å²) in [6.45, 7) is 0. The summed E-state index contributed by atoms with van der Waals surface area (Å²) in [5, 5.41) is 11.3. The first kappa shape index (κ1) is 13.3. The SMILES string of the molecule is O=C(C#Cc1ccccc1)Nc1cncc(C(=O)O)c1. The maximum atomic E-state index is 11.6. The van der Waals surface area contributed by atoms with Gasteiger partial charge in [0.15, 0.2) is 0 Å². The summed E-state index contributed by atoms with van der Waals surface area (Å²) in [4.78, 5) is 26.1. The number of rotatable bonds is 2. The van der Waals surface area contributed by atoms with Crippen LogP contribution in [0, 0.1) is 11.8 Å². The molecule has 1 heterocycles. The number of aromatic carboxylic acids is 1. The van der Waals surface area contributed by atoms with E-state index in [0.717, 1.165) is 5.56 Å². The molecule has 0 unspecified atom stereocenters. The number of carbonyl (C=O) groups is 2. The predicted molar refractivity (Wildman–Crippen MR) is 73.1 cm³/mol. The lowest BCUT2D eigenvalue weighted by Gasteiger charge is -2.01. The van der Waals surface area contributed by atoms with Crippen LogP contribution >= 0.6 is 0 Å². The van der Waals surface area contributed by atoms with Crippen molar-refractivity contribution in [2.75, 3.05) is 5.32 Å². The lowest BCUT2D eigenvalue weighted by atomic mass is 10.2. The van der Waals surface area contributed by atoms with Crippen LogP contribution in [0.4, 0.5) is 5.69 Å². The number of anilines is 1. The molecule has 0 aliphatic heterocycles. The number of amides is 1. The number of nitrogens with one attached hydrogen (secondary N) is 1. The fraction of sp³-hybridized carbons (Fsp3) is 0. The summed E-state index contributed by atoms with van der Waals surface area (Å²) in [6, 6.07) is 10.4. The van der Waals surface area contributed by atoms with E-state index in [0.29, 0.717) is 0 Å². The molecule has 5 heteroatoms. The Kier molecular flexibility index (Phi) is 4.10. The van der Waals surface area contributed by atoms with Crippen LogP contribution in [-0.2, 0) is 4.79 Å². The zero-order chi connectivity index (χ0) is 14.4. The number of pyridine rings is 1. The van der Waals surface area contributed by atoms with Crippen molar-refractivity contribution in [3.8, 4) is 11.8 Å². The molecule has 1 aromatic heterocycles. The molecule has 2 aromatic rings. The minimum Gasteiger partial charge on any atom is -0.478 e. The Hall–Kier alpha value is -3.13. The number of hydrogen-bond donors (Lipinski definition) is 2. The number of benzene rings is 1. The Morgan fingerprint density at radius 3 is 2.60 bits per heavy atom. The van der Waals surface area contributed by atoms with Crippen LogP contribution in [0.25, 0.3) is 0 Å². The van der Waals surface area contributed by atoms with Gasteiger partial charge in [0.25, 0.3) is 0 Å². The summed E-state index contributed by atoms with van der Waals surface area (Å²) in [7, 11) is 0. The minimum absolute atomic E-state index is 0.00109.